The predicted molar refractivity (Wildman–Crippen MR) is 194 cm³/mol. The Kier molecular flexibility index (Phi) is 17.7. The highest BCUT2D eigenvalue weighted by Crippen LogP contribution is 2.08. The van der Waals surface area contributed by atoms with Crippen molar-refractivity contribution in [2.75, 3.05) is 91.7 Å². The number of carbonyl (C=O) groups is 5. The van der Waals surface area contributed by atoms with Gasteiger partial charge in [-0.25, -0.2) is 0 Å². The molecule has 3 N–H and O–H groups in total. The van der Waals surface area contributed by atoms with Crippen molar-refractivity contribution in [1.29, 1.82) is 0 Å². The van der Waals surface area contributed by atoms with Crippen LogP contribution in [-0.4, -0.2) is 135 Å². The second-order valence-electron chi connectivity index (χ2n) is 11.9. The number of amides is 5. The number of ether oxygens (including phenoxy) is 2. The molecule has 3 aromatic carbocycles. The van der Waals surface area contributed by atoms with E-state index < -0.39 is 23.6 Å². The van der Waals surface area contributed by atoms with E-state index in [1.54, 1.807) is 0 Å². The lowest BCUT2D eigenvalue weighted by Crippen LogP contribution is -2.52. The Labute approximate surface area is 300 Å². The van der Waals surface area contributed by atoms with Crippen molar-refractivity contribution >= 4 is 35.2 Å². The zero-order chi connectivity index (χ0) is 36.8. The van der Waals surface area contributed by atoms with E-state index in [4.69, 9.17) is 15.2 Å². The van der Waals surface area contributed by atoms with Crippen LogP contribution in [0.1, 0.15) is 11.1 Å². The number of nitrogens with one attached hydrogen (secondary N) is 1. The topological polar surface area (TPSA) is 155 Å². The van der Waals surface area contributed by atoms with Crippen molar-refractivity contribution in [2.24, 2.45) is 5.73 Å². The summed E-state index contributed by atoms with van der Waals surface area (Å²) in [4.78, 5) is 72.0. The van der Waals surface area contributed by atoms with Crippen LogP contribution >= 0.6 is 0 Å². The van der Waals surface area contributed by atoms with Gasteiger partial charge in [-0.15, -0.1) is 0 Å². The third-order valence-corrected chi connectivity index (χ3v) is 8.11. The van der Waals surface area contributed by atoms with Crippen molar-refractivity contribution in [3.8, 4) is 0 Å². The number of nitrogens with zero attached hydrogens (tertiary/aromatic N) is 4. The van der Waals surface area contributed by atoms with Gasteiger partial charge < -0.3 is 40.1 Å². The Bertz CT molecular complexity index is 1510. The highest BCUT2D eigenvalue weighted by atomic mass is 16.5. The van der Waals surface area contributed by atoms with Crippen LogP contribution in [0, 0.1) is 0 Å². The Balaban J connectivity index is 1.77. The molecule has 0 aliphatic heterocycles. The van der Waals surface area contributed by atoms with Crippen LogP contribution in [0.3, 0.4) is 0 Å². The van der Waals surface area contributed by atoms with E-state index in [1.165, 1.54) is 33.8 Å². The fourth-order valence-corrected chi connectivity index (χ4v) is 5.21. The molecule has 0 aliphatic rings. The van der Waals surface area contributed by atoms with Crippen LogP contribution < -0.4 is 11.1 Å². The van der Waals surface area contributed by atoms with Crippen LogP contribution in [0.25, 0.3) is 0 Å². The number of hydrogen-bond acceptors (Lipinski definition) is 8. The molecule has 5 amide bonds. The van der Waals surface area contributed by atoms with Gasteiger partial charge in [0.15, 0.2) is 0 Å². The van der Waals surface area contributed by atoms with Crippen molar-refractivity contribution in [2.45, 2.75) is 12.8 Å². The fraction of sp³-hybridized carbons (Fsp3) is 0.395. The average molecular weight is 703 g/mol. The Hall–Kier alpha value is -5.27. The summed E-state index contributed by atoms with van der Waals surface area (Å²) in [7, 11) is 3.00. The van der Waals surface area contributed by atoms with Crippen molar-refractivity contribution in [3.63, 3.8) is 0 Å². The minimum Gasteiger partial charge on any atom is -0.383 e. The number of methoxy groups -OCH3 is 2. The van der Waals surface area contributed by atoms with Crippen molar-refractivity contribution in [3.05, 3.63) is 102 Å². The lowest BCUT2D eigenvalue weighted by molar-refractivity contribution is -0.146. The van der Waals surface area contributed by atoms with E-state index in [0.29, 0.717) is 12.8 Å². The van der Waals surface area contributed by atoms with Crippen LogP contribution in [0.4, 0.5) is 5.69 Å². The first-order chi connectivity index (χ1) is 24.7. The molecule has 0 aromatic heterocycles. The maximum absolute atomic E-state index is 13.9. The van der Waals surface area contributed by atoms with Gasteiger partial charge >= 0.3 is 0 Å². The third kappa shape index (κ3) is 15.0. The molecule has 0 aliphatic carbocycles. The third-order valence-electron chi connectivity index (χ3n) is 8.11. The first kappa shape index (κ1) is 40.2. The highest BCUT2D eigenvalue weighted by Gasteiger charge is 2.27. The van der Waals surface area contributed by atoms with Crippen molar-refractivity contribution < 1.29 is 33.4 Å². The molecule has 3 aromatic rings. The van der Waals surface area contributed by atoms with Crippen molar-refractivity contribution in [1.82, 2.24) is 19.6 Å². The molecule has 51 heavy (non-hydrogen) atoms. The molecule has 0 heterocycles. The maximum Gasteiger partial charge on any atom is 0.242 e. The number of anilines is 1. The smallest absolute Gasteiger partial charge is 0.242 e. The Morgan fingerprint density at radius 3 is 1.31 bits per heavy atom. The number of carbonyl (C=O) groups excluding carboxylic acids is 5. The summed E-state index contributed by atoms with van der Waals surface area (Å²) >= 11 is 0. The first-order valence-corrected chi connectivity index (χ1v) is 16.9. The van der Waals surface area contributed by atoms with Gasteiger partial charge in [0.25, 0.3) is 0 Å². The second kappa shape index (κ2) is 22.4. The normalized spacial score (nSPS) is 10.6. The largest absolute Gasteiger partial charge is 0.383 e. The van der Waals surface area contributed by atoms with Gasteiger partial charge in [0.05, 0.1) is 45.9 Å². The molecule has 0 radical (unpaired) electrons. The number of nitrogens with two attached hydrogens (primary N) is 1. The second-order valence-corrected chi connectivity index (χ2v) is 11.9. The molecule has 3 rings (SSSR count). The molecular weight excluding hydrogens is 652 g/mol. The van der Waals surface area contributed by atoms with Gasteiger partial charge in [-0.3, -0.25) is 24.0 Å². The van der Waals surface area contributed by atoms with Gasteiger partial charge in [0.2, 0.25) is 29.5 Å². The molecular formula is C38H50N6O7. The summed E-state index contributed by atoms with van der Waals surface area (Å²) in [5.74, 6) is -2.35. The summed E-state index contributed by atoms with van der Waals surface area (Å²) < 4.78 is 10.4. The van der Waals surface area contributed by atoms with Gasteiger partial charge in [0, 0.05) is 46.1 Å². The summed E-state index contributed by atoms with van der Waals surface area (Å²) in [6, 6.07) is 28.3. The highest BCUT2D eigenvalue weighted by molar-refractivity contribution is 5.91. The van der Waals surface area contributed by atoms with Crippen LogP contribution in [0.2, 0.25) is 0 Å². The lowest BCUT2D eigenvalue weighted by atomic mass is 10.1. The van der Waals surface area contributed by atoms with E-state index in [2.05, 4.69) is 5.32 Å². The number of benzene rings is 3. The monoisotopic (exact) mass is 702 g/mol. The molecule has 0 saturated heterocycles. The zero-order valence-corrected chi connectivity index (χ0v) is 29.6. The maximum atomic E-state index is 13.9. The number of para-hydroxylation sites is 1. The number of primary amides is 1. The standard InChI is InChI=1S/C38H50N6O7/c1-50-24-22-43(35(46)26-40-33-16-10-5-11-17-33)29-37(48)42(21-19-32-14-8-4-9-15-32)28-38(49)44(23-25-51-2)30-36(47)41(27-34(39)45)20-18-31-12-6-3-7-13-31/h3-17,40H,18-30H2,1-2H3,(H2,39,45). The van der Waals surface area contributed by atoms with Crippen LogP contribution in [0.5, 0.6) is 0 Å². The summed E-state index contributed by atoms with van der Waals surface area (Å²) in [6.45, 7) is -0.261. The van der Waals surface area contributed by atoms with E-state index in [0.717, 1.165) is 16.8 Å². The Morgan fingerprint density at radius 1 is 0.529 bits per heavy atom. The number of rotatable bonds is 23. The molecule has 13 heteroatoms. The number of hydrogen-bond donors (Lipinski definition) is 2. The van der Waals surface area contributed by atoms with E-state index in [1.807, 2.05) is 91.0 Å². The molecule has 13 nitrogen and oxygen atoms in total. The fourth-order valence-electron chi connectivity index (χ4n) is 5.21. The van der Waals surface area contributed by atoms with Gasteiger partial charge in [-0.05, 0) is 36.1 Å². The van der Waals surface area contributed by atoms with E-state index in [-0.39, 0.29) is 78.0 Å². The molecule has 274 valence electrons. The SMILES string of the molecule is COCCN(CC(=O)N(CCc1ccccc1)CC(=O)N(CCOC)CC(=O)N(CCc1ccccc1)CC(N)=O)C(=O)CNc1ccccc1. The van der Waals surface area contributed by atoms with Crippen LogP contribution in [0.15, 0.2) is 91.0 Å². The minimum atomic E-state index is -0.671. The predicted octanol–water partition coefficient (Wildman–Crippen LogP) is 1.68. The van der Waals surface area contributed by atoms with Gasteiger partial charge in [-0.1, -0.05) is 78.9 Å². The van der Waals surface area contributed by atoms with Gasteiger partial charge in [-0.2, -0.15) is 0 Å². The minimum absolute atomic E-state index is 0.0388. The van der Waals surface area contributed by atoms with E-state index in [9.17, 15) is 24.0 Å². The molecule has 0 bridgehead atoms. The average Bonchev–Trinajstić information content (AvgIpc) is 3.14. The lowest BCUT2D eigenvalue weighted by Gasteiger charge is -2.31. The molecule has 0 atom stereocenters. The summed E-state index contributed by atoms with van der Waals surface area (Å²) in [5.41, 5.74) is 8.18. The van der Waals surface area contributed by atoms with E-state index >= 15 is 0 Å². The molecule has 0 saturated carbocycles. The van der Waals surface area contributed by atoms with Gasteiger partial charge in [0.1, 0.15) is 0 Å². The quantitative estimate of drug-likeness (QED) is 0.151. The summed E-state index contributed by atoms with van der Waals surface area (Å²) in [6.07, 6.45) is 0.955. The molecule has 0 unspecified atom stereocenters. The summed E-state index contributed by atoms with van der Waals surface area (Å²) in [5, 5.41) is 3.08. The van der Waals surface area contributed by atoms with Crippen LogP contribution in [-0.2, 0) is 46.3 Å². The first-order valence-electron chi connectivity index (χ1n) is 16.9. The zero-order valence-electron chi connectivity index (χ0n) is 29.6. The Morgan fingerprint density at radius 2 is 0.902 bits per heavy atom. The molecule has 0 spiro atoms. The molecule has 0 fully saturated rings.